The third kappa shape index (κ3) is 4.86. The zero-order chi connectivity index (χ0) is 24.6. The molecule has 0 saturated carbocycles. The third-order valence-electron chi connectivity index (χ3n) is 4.94. The van der Waals surface area contributed by atoms with E-state index >= 15 is 0 Å². The van der Waals surface area contributed by atoms with Crippen LogP contribution in [0.25, 0.3) is 17.1 Å². The van der Waals surface area contributed by atoms with E-state index in [4.69, 9.17) is 23.2 Å². The van der Waals surface area contributed by atoms with Gasteiger partial charge in [-0.25, -0.2) is 19.1 Å². The molecule has 0 amide bonds. The summed E-state index contributed by atoms with van der Waals surface area (Å²) in [5, 5.41) is 19.0. The van der Waals surface area contributed by atoms with Gasteiger partial charge in [-0.2, -0.15) is 13.2 Å². The van der Waals surface area contributed by atoms with Crippen LogP contribution in [-0.4, -0.2) is 46.5 Å². The molecule has 0 aliphatic carbocycles. The number of halogens is 5. The second kappa shape index (κ2) is 9.24. The highest BCUT2D eigenvalue weighted by atomic mass is 35.5. The maximum absolute atomic E-state index is 13.0. The Morgan fingerprint density at radius 3 is 2.38 bits per heavy atom. The van der Waals surface area contributed by atoms with Crippen LogP contribution in [0.5, 0.6) is 0 Å². The zero-order valence-electron chi connectivity index (χ0n) is 17.5. The summed E-state index contributed by atoms with van der Waals surface area (Å²) in [6.07, 6.45) is -7.67. The molecule has 0 bridgehead atoms. The van der Waals surface area contributed by atoms with Crippen molar-refractivity contribution in [3.8, 4) is 17.1 Å². The molecule has 2 heterocycles. The van der Waals surface area contributed by atoms with E-state index in [0.29, 0.717) is 27.1 Å². The van der Waals surface area contributed by atoms with Gasteiger partial charge >= 0.3 is 11.9 Å². The van der Waals surface area contributed by atoms with Crippen molar-refractivity contribution in [1.29, 1.82) is 0 Å². The summed E-state index contributed by atoms with van der Waals surface area (Å²) >= 11 is 12.1. The van der Waals surface area contributed by atoms with Crippen LogP contribution in [0, 0.1) is 6.92 Å². The largest absolute Gasteiger partial charge is 0.416 e. The molecule has 4 aromatic rings. The Bertz CT molecular complexity index is 1380. The van der Waals surface area contributed by atoms with E-state index in [1.807, 2.05) is 0 Å². The highest BCUT2D eigenvalue weighted by Gasteiger charge is 2.39. The van der Waals surface area contributed by atoms with E-state index in [0.717, 1.165) is 9.25 Å². The van der Waals surface area contributed by atoms with E-state index in [9.17, 15) is 23.1 Å². The molecule has 178 valence electrons. The van der Waals surface area contributed by atoms with Crippen LogP contribution in [0.3, 0.4) is 0 Å². The summed E-state index contributed by atoms with van der Waals surface area (Å²) in [5.41, 5.74) is 0.0637. The van der Waals surface area contributed by atoms with E-state index in [1.165, 1.54) is 28.9 Å². The Morgan fingerprint density at radius 1 is 1.06 bits per heavy atom. The number of hydrogen-bond donors (Lipinski definition) is 1. The van der Waals surface area contributed by atoms with Crippen molar-refractivity contribution >= 4 is 23.2 Å². The van der Waals surface area contributed by atoms with Crippen molar-refractivity contribution in [1.82, 2.24) is 29.1 Å². The molecule has 34 heavy (non-hydrogen) atoms. The first-order chi connectivity index (χ1) is 16.0. The fourth-order valence-electron chi connectivity index (χ4n) is 3.29. The molecule has 4 rings (SSSR count). The number of rotatable bonds is 6. The van der Waals surface area contributed by atoms with E-state index in [1.54, 1.807) is 31.2 Å². The van der Waals surface area contributed by atoms with Crippen molar-refractivity contribution in [2.24, 2.45) is 0 Å². The van der Waals surface area contributed by atoms with Crippen molar-refractivity contribution in [2.75, 3.05) is 0 Å². The first-order valence-corrected chi connectivity index (χ1v) is 10.7. The quantitative estimate of drug-likeness (QED) is 0.423. The second-order valence-corrected chi connectivity index (χ2v) is 8.22. The van der Waals surface area contributed by atoms with Crippen molar-refractivity contribution in [3.63, 3.8) is 0 Å². The van der Waals surface area contributed by atoms with Crippen molar-refractivity contribution in [2.45, 2.75) is 32.3 Å². The lowest BCUT2D eigenvalue weighted by Gasteiger charge is -2.15. The van der Waals surface area contributed by atoms with Crippen LogP contribution in [0.15, 0.2) is 53.3 Å². The average molecular weight is 513 g/mol. The van der Waals surface area contributed by atoms with E-state index in [2.05, 4.69) is 15.2 Å². The fourth-order valence-corrected chi connectivity index (χ4v) is 3.64. The summed E-state index contributed by atoms with van der Waals surface area (Å²) in [5.74, 6) is 0.622. The Balaban J connectivity index is 1.74. The molecule has 0 radical (unpaired) electrons. The number of alkyl halides is 3. The number of benzene rings is 2. The van der Waals surface area contributed by atoms with Gasteiger partial charge in [-0.1, -0.05) is 35.3 Å². The van der Waals surface area contributed by atoms with Gasteiger partial charge in [0, 0.05) is 10.6 Å². The highest BCUT2D eigenvalue weighted by molar-refractivity contribution is 6.32. The molecular formula is C21H17Cl2F3N6O2. The average Bonchev–Trinajstić information content (AvgIpc) is 3.28. The predicted octanol–water partition coefficient (Wildman–Crippen LogP) is 3.88. The summed E-state index contributed by atoms with van der Waals surface area (Å²) in [4.78, 5) is 17.3. The molecule has 2 aromatic carbocycles. The lowest BCUT2D eigenvalue weighted by atomic mass is 10.2. The first kappa shape index (κ1) is 24.0. The number of hydrogen-bond acceptors (Lipinski definition) is 5. The zero-order valence-corrected chi connectivity index (χ0v) is 19.1. The number of nitrogens with zero attached hydrogens (tertiary/aromatic N) is 6. The summed E-state index contributed by atoms with van der Waals surface area (Å²) < 4.78 is 42.2. The van der Waals surface area contributed by atoms with Crippen LogP contribution in [0.4, 0.5) is 13.2 Å². The molecule has 13 heteroatoms. The van der Waals surface area contributed by atoms with Gasteiger partial charge in [0.1, 0.15) is 12.4 Å². The molecule has 2 aromatic heterocycles. The Labute approximate surface area is 200 Å². The molecule has 0 aliphatic rings. The minimum absolute atomic E-state index is 0.0628. The predicted molar refractivity (Wildman–Crippen MR) is 119 cm³/mol. The number of aliphatic hydroxyl groups excluding tert-OH is 1. The molecule has 0 aliphatic heterocycles. The summed E-state index contributed by atoms with van der Waals surface area (Å²) in [6.45, 7) is 0.452. The van der Waals surface area contributed by atoms with Crippen LogP contribution < -0.4 is 5.69 Å². The SMILES string of the molecule is Cc1nc(Cn2nc(-c3ccc(Cl)cc3)n(C[C@H](O)C(F)(F)F)c2=O)nn1-c1ccccc1Cl. The van der Waals surface area contributed by atoms with Crippen LogP contribution >= 0.6 is 23.2 Å². The Kier molecular flexibility index (Phi) is 6.52. The Hall–Kier alpha value is -3.15. The Morgan fingerprint density at radius 2 is 1.74 bits per heavy atom. The minimum Gasteiger partial charge on any atom is -0.382 e. The topological polar surface area (TPSA) is 90.8 Å². The van der Waals surface area contributed by atoms with Crippen molar-refractivity contribution < 1.29 is 18.3 Å². The molecule has 8 nitrogen and oxygen atoms in total. The van der Waals surface area contributed by atoms with Gasteiger partial charge in [0.05, 0.1) is 17.3 Å². The number of aliphatic hydroxyl groups is 1. The maximum atomic E-state index is 13.0. The summed E-state index contributed by atoms with van der Waals surface area (Å²) in [7, 11) is 0. The van der Waals surface area contributed by atoms with Gasteiger partial charge in [0.2, 0.25) is 0 Å². The number of aromatic nitrogens is 6. The standard InChI is InChI=1S/C21H17Cl2F3N6O2/c1-12-27-18(28-32(12)16-5-3-2-4-15(16)23)11-31-20(34)30(10-17(33)21(24,25)26)19(29-31)13-6-8-14(22)9-7-13/h2-9,17,33H,10-11H2,1H3/t17-/m0/s1. The molecule has 0 spiro atoms. The molecular weight excluding hydrogens is 496 g/mol. The normalized spacial score (nSPS) is 12.8. The van der Waals surface area contributed by atoms with Gasteiger partial charge in [0.25, 0.3) is 0 Å². The first-order valence-electron chi connectivity index (χ1n) is 9.90. The van der Waals surface area contributed by atoms with Crippen LogP contribution in [-0.2, 0) is 13.1 Å². The summed E-state index contributed by atoms with van der Waals surface area (Å²) in [6, 6.07) is 13.0. The van der Waals surface area contributed by atoms with Gasteiger partial charge in [-0.15, -0.1) is 10.2 Å². The monoisotopic (exact) mass is 512 g/mol. The van der Waals surface area contributed by atoms with Crippen LogP contribution in [0.2, 0.25) is 10.0 Å². The molecule has 1 N–H and O–H groups in total. The number of para-hydroxylation sites is 1. The fraction of sp³-hybridized carbons (Fsp3) is 0.238. The van der Waals surface area contributed by atoms with E-state index in [-0.39, 0.29) is 18.2 Å². The lowest BCUT2D eigenvalue weighted by molar-refractivity contribution is -0.207. The van der Waals surface area contributed by atoms with E-state index < -0.39 is 24.5 Å². The molecule has 0 fully saturated rings. The second-order valence-electron chi connectivity index (χ2n) is 7.38. The number of aryl methyl sites for hydroxylation is 1. The third-order valence-corrected chi connectivity index (χ3v) is 5.51. The minimum atomic E-state index is -4.91. The lowest BCUT2D eigenvalue weighted by Crippen LogP contribution is -2.37. The molecule has 1 atom stereocenters. The van der Waals surface area contributed by atoms with Gasteiger partial charge in [0.15, 0.2) is 17.8 Å². The molecule has 0 saturated heterocycles. The van der Waals surface area contributed by atoms with Gasteiger partial charge in [-0.05, 0) is 43.3 Å². The van der Waals surface area contributed by atoms with Gasteiger partial charge in [-0.3, -0.25) is 4.57 Å². The highest BCUT2D eigenvalue weighted by Crippen LogP contribution is 2.24. The smallest absolute Gasteiger partial charge is 0.382 e. The van der Waals surface area contributed by atoms with Gasteiger partial charge < -0.3 is 5.11 Å². The van der Waals surface area contributed by atoms with Crippen LogP contribution in [0.1, 0.15) is 11.6 Å². The van der Waals surface area contributed by atoms with Crippen molar-refractivity contribution in [3.05, 3.63) is 80.7 Å². The molecule has 0 unspecified atom stereocenters. The maximum Gasteiger partial charge on any atom is 0.416 e.